The van der Waals surface area contributed by atoms with Gasteiger partial charge in [-0.1, -0.05) is 18.2 Å². The van der Waals surface area contributed by atoms with Gasteiger partial charge in [-0.05, 0) is 37.3 Å². The Morgan fingerprint density at radius 3 is 2.81 bits per heavy atom. The van der Waals surface area contributed by atoms with E-state index in [-0.39, 0.29) is 6.42 Å². The number of hydrogen-bond acceptors (Lipinski definition) is 5. The molecule has 3 aromatic rings. The van der Waals surface area contributed by atoms with E-state index < -0.39 is 23.8 Å². The molecule has 0 fully saturated rings. The lowest BCUT2D eigenvalue weighted by Gasteiger charge is -2.13. The molecule has 0 bridgehead atoms. The van der Waals surface area contributed by atoms with Gasteiger partial charge in [-0.15, -0.1) is 11.3 Å². The number of halogens is 1. The number of aromatic nitrogens is 1. The Hall–Kier alpha value is -2.80. The van der Waals surface area contributed by atoms with Gasteiger partial charge < -0.3 is 10.1 Å². The fourth-order valence-corrected chi connectivity index (χ4v) is 3.32. The summed E-state index contributed by atoms with van der Waals surface area (Å²) in [4.78, 5) is 28.5. The van der Waals surface area contributed by atoms with E-state index in [1.165, 1.54) is 36.5 Å². The zero-order valence-corrected chi connectivity index (χ0v) is 14.9. The molecule has 134 valence electrons. The Labute approximate surface area is 153 Å². The molecule has 0 saturated carbocycles. The van der Waals surface area contributed by atoms with Crippen LogP contribution in [0.4, 0.5) is 10.1 Å². The number of rotatable bonds is 6. The molecule has 0 radical (unpaired) electrons. The second kappa shape index (κ2) is 8.05. The summed E-state index contributed by atoms with van der Waals surface area (Å²) in [6.45, 7) is 1.48. The summed E-state index contributed by atoms with van der Waals surface area (Å²) in [5, 5.41) is 3.36. The molecular formula is C19H17FN2O3S. The van der Waals surface area contributed by atoms with Gasteiger partial charge in [0.2, 0.25) is 0 Å². The average molecular weight is 372 g/mol. The molecule has 0 saturated heterocycles. The minimum absolute atomic E-state index is 0.136. The highest BCUT2D eigenvalue weighted by Gasteiger charge is 2.18. The van der Waals surface area contributed by atoms with Gasteiger partial charge in [-0.2, -0.15) is 0 Å². The summed E-state index contributed by atoms with van der Waals surface area (Å²) in [6.07, 6.45) is -0.380. The van der Waals surface area contributed by atoms with Crippen molar-refractivity contribution in [3.05, 3.63) is 59.4 Å². The first-order chi connectivity index (χ1) is 12.5. The van der Waals surface area contributed by atoms with Crippen LogP contribution in [0.1, 0.15) is 18.4 Å². The van der Waals surface area contributed by atoms with Gasteiger partial charge in [0.05, 0.1) is 21.6 Å². The van der Waals surface area contributed by atoms with Crippen LogP contribution in [-0.2, 0) is 20.7 Å². The highest BCUT2D eigenvalue weighted by molar-refractivity contribution is 7.18. The highest BCUT2D eigenvalue weighted by atomic mass is 32.1. The number of nitrogens with one attached hydrogen (secondary N) is 1. The zero-order chi connectivity index (χ0) is 18.5. The minimum atomic E-state index is -0.971. The van der Waals surface area contributed by atoms with Gasteiger partial charge in [0, 0.05) is 12.1 Å². The molecular weight excluding hydrogens is 355 g/mol. The molecule has 1 heterocycles. The number of esters is 1. The smallest absolute Gasteiger partial charge is 0.306 e. The van der Waals surface area contributed by atoms with E-state index in [9.17, 15) is 14.0 Å². The third-order valence-electron chi connectivity index (χ3n) is 3.65. The molecule has 5 nitrogen and oxygen atoms in total. The van der Waals surface area contributed by atoms with Crippen molar-refractivity contribution in [1.29, 1.82) is 0 Å². The number of benzene rings is 2. The third kappa shape index (κ3) is 4.64. The molecule has 0 spiro atoms. The number of carbonyl (C=O) groups excluding carboxylic acids is 2. The van der Waals surface area contributed by atoms with Crippen LogP contribution in [-0.4, -0.2) is 23.0 Å². The van der Waals surface area contributed by atoms with Crippen molar-refractivity contribution in [2.45, 2.75) is 25.9 Å². The van der Waals surface area contributed by atoms with Crippen molar-refractivity contribution in [2.75, 3.05) is 5.32 Å². The highest BCUT2D eigenvalue weighted by Crippen LogP contribution is 2.22. The van der Waals surface area contributed by atoms with Crippen LogP contribution in [0.5, 0.6) is 0 Å². The van der Waals surface area contributed by atoms with Crippen LogP contribution < -0.4 is 5.32 Å². The van der Waals surface area contributed by atoms with E-state index in [1.54, 1.807) is 6.07 Å². The number of para-hydroxylation sites is 1. The van der Waals surface area contributed by atoms with E-state index in [4.69, 9.17) is 4.74 Å². The summed E-state index contributed by atoms with van der Waals surface area (Å²) in [5.41, 5.74) is 1.22. The fourth-order valence-electron chi connectivity index (χ4n) is 2.36. The van der Waals surface area contributed by atoms with Gasteiger partial charge in [-0.25, -0.2) is 9.37 Å². The van der Waals surface area contributed by atoms with Gasteiger partial charge in [0.25, 0.3) is 5.91 Å². The predicted octanol–water partition coefficient (Wildman–Crippen LogP) is 3.94. The number of nitrogens with zero attached hydrogens (tertiary/aromatic N) is 1. The summed E-state index contributed by atoms with van der Waals surface area (Å²) >= 11 is 1.53. The first-order valence-electron chi connectivity index (χ1n) is 8.11. The first kappa shape index (κ1) is 18.0. The van der Waals surface area contributed by atoms with Gasteiger partial charge >= 0.3 is 5.97 Å². The maximum atomic E-state index is 13.1. The van der Waals surface area contributed by atoms with Gasteiger partial charge in [0.1, 0.15) is 5.82 Å². The Balaban J connectivity index is 1.49. The molecule has 0 aliphatic carbocycles. The van der Waals surface area contributed by atoms with E-state index >= 15 is 0 Å². The lowest BCUT2D eigenvalue weighted by Crippen LogP contribution is -2.30. The Morgan fingerprint density at radius 2 is 2.04 bits per heavy atom. The number of carbonyl (C=O) groups is 2. The number of thiazole rings is 1. The fraction of sp³-hybridized carbons (Fsp3) is 0.211. The molecule has 1 aromatic heterocycles. The van der Waals surface area contributed by atoms with Crippen LogP contribution in [0.3, 0.4) is 0 Å². The Bertz CT molecular complexity index is 908. The summed E-state index contributed by atoms with van der Waals surface area (Å²) in [6, 6.07) is 13.3. The molecule has 2 aromatic carbocycles. The van der Waals surface area contributed by atoms with Crippen LogP contribution in [0.25, 0.3) is 10.2 Å². The van der Waals surface area contributed by atoms with Crippen molar-refractivity contribution in [2.24, 2.45) is 0 Å². The molecule has 0 aliphatic heterocycles. The van der Waals surface area contributed by atoms with Crippen LogP contribution in [0.2, 0.25) is 0 Å². The van der Waals surface area contributed by atoms with Crippen molar-refractivity contribution < 1.29 is 18.7 Å². The lowest BCUT2D eigenvalue weighted by atomic mass is 10.3. The first-order valence-corrected chi connectivity index (χ1v) is 8.93. The molecule has 3 rings (SSSR count). The molecule has 1 N–H and O–H groups in total. The second-order valence-electron chi connectivity index (χ2n) is 5.71. The van der Waals surface area contributed by atoms with Crippen molar-refractivity contribution in [1.82, 2.24) is 4.98 Å². The number of anilines is 1. The maximum absolute atomic E-state index is 13.1. The Morgan fingerprint density at radius 1 is 1.23 bits per heavy atom. The van der Waals surface area contributed by atoms with Crippen LogP contribution in [0.15, 0.2) is 48.5 Å². The maximum Gasteiger partial charge on any atom is 0.306 e. The van der Waals surface area contributed by atoms with Gasteiger partial charge in [-0.3, -0.25) is 9.59 Å². The molecule has 7 heteroatoms. The zero-order valence-electron chi connectivity index (χ0n) is 14.1. The minimum Gasteiger partial charge on any atom is -0.453 e. The molecule has 1 amide bonds. The molecule has 1 unspecified atom stereocenters. The van der Waals surface area contributed by atoms with E-state index in [1.807, 2.05) is 24.3 Å². The van der Waals surface area contributed by atoms with E-state index in [2.05, 4.69) is 10.3 Å². The standard InChI is InChI=1S/C19H17FN2O3S/c1-12(19(24)21-14-6-4-5-13(20)11-14)25-18(23)10-9-17-22-15-7-2-3-8-16(15)26-17/h2-8,11-12H,9-10H2,1H3,(H,21,24). The SMILES string of the molecule is CC(OC(=O)CCc1nc2ccccc2s1)C(=O)Nc1cccc(F)c1. The summed E-state index contributed by atoms with van der Waals surface area (Å²) in [5.74, 6) is -1.45. The second-order valence-corrected chi connectivity index (χ2v) is 6.82. The average Bonchev–Trinajstić information content (AvgIpc) is 3.03. The summed E-state index contributed by atoms with van der Waals surface area (Å²) < 4.78 is 19.3. The van der Waals surface area contributed by atoms with E-state index in [0.29, 0.717) is 12.1 Å². The number of hydrogen-bond donors (Lipinski definition) is 1. The number of ether oxygens (including phenoxy) is 1. The Kier molecular flexibility index (Phi) is 5.58. The normalized spacial score (nSPS) is 11.9. The van der Waals surface area contributed by atoms with E-state index in [0.717, 1.165) is 15.2 Å². The van der Waals surface area contributed by atoms with Crippen molar-refractivity contribution in [3.8, 4) is 0 Å². The monoisotopic (exact) mass is 372 g/mol. The third-order valence-corrected chi connectivity index (χ3v) is 4.75. The quantitative estimate of drug-likeness (QED) is 0.666. The number of amides is 1. The van der Waals surface area contributed by atoms with Gasteiger partial charge in [0.15, 0.2) is 6.10 Å². The van der Waals surface area contributed by atoms with Crippen molar-refractivity contribution in [3.63, 3.8) is 0 Å². The molecule has 0 aliphatic rings. The molecule has 26 heavy (non-hydrogen) atoms. The molecule has 1 atom stereocenters. The van der Waals surface area contributed by atoms with Crippen molar-refractivity contribution >= 4 is 39.1 Å². The van der Waals surface area contributed by atoms with Crippen LogP contribution in [0, 0.1) is 5.82 Å². The topological polar surface area (TPSA) is 68.3 Å². The van der Waals surface area contributed by atoms with Crippen LogP contribution >= 0.6 is 11.3 Å². The largest absolute Gasteiger partial charge is 0.453 e. The predicted molar refractivity (Wildman–Crippen MR) is 98.5 cm³/mol. The lowest BCUT2D eigenvalue weighted by molar-refractivity contribution is -0.153. The summed E-state index contributed by atoms with van der Waals surface area (Å²) in [7, 11) is 0. The number of fused-ring (bicyclic) bond motifs is 1. The number of aryl methyl sites for hydroxylation is 1.